The number of benzene rings is 2. The van der Waals surface area contributed by atoms with Crippen molar-refractivity contribution < 1.29 is 19.1 Å². The SMILES string of the molecule is CCOC(=O)C[C@@H]1C(=O)NCCN1C(=S)NC(=O)/C=C/c1cccc2ccccc12. The molecule has 1 atom stereocenters. The second-order valence-electron chi connectivity index (χ2n) is 6.71. The van der Waals surface area contributed by atoms with E-state index in [4.69, 9.17) is 17.0 Å². The van der Waals surface area contributed by atoms with Gasteiger partial charge in [0.05, 0.1) is 13.0 Å². The molecule has 0 bridgehead atoms. The third kappa shape index (κ3) is 5.21. The Morgan fingerprint density at radius 3 is 2.83 bits per heavy atom. The highest BCUT2D eigenvalue weighted by molar-refractivity contribution is 7.80. The van der Waals surface area contributed by atoms with Crippen LogP contribution in [-0.4, -0.2) is 53.5 Å². The van der Waals surface area contributed by atoms with Crippen molar-refractivity contribution in [2.75, 3.05) is 19.7 Å². The van der Waals surface area contributed by atoms with Gasteiger partial charge in [-0.2, -0.15) is 0 Å². The van der Waals surface area contributed by atoms with Crippen molar-refractivity contribution >= 4 is 52.0 Å². The predicted octanol–water partition coefficient (Wildman–Crippen LogP) is 2.01. The van der Waals surface area contributed by atoms with Crippen molar-refractivity contribution in [3.63, 3.8) is 0 Å². The van der Waals surface area contributed by atoms with Gasteiger partial charge in [0.1, 0.15) is 6.04 Å². The minimum atomic E-state index is -0.812. The summed E-state index contributed by atoms with van der Waals surface area (Å²) in [6.07, 6.45) is 2.99. The number of esters is 1. The van der Waals surface area contributed by atoms with Crippen LogP contribution in [0.4, 0.5) is 0 Å². The smallest absolute Gasteiger partial charge is 0.308 e. The first kappa shape index (κ1) is 21.4. The predicted molar refractivity (Wildman–Crippen MR) is 118 cm³/mol. The number of fused-ring (bicyclic) bond motifs is 1. The van der Waals surface area contributed by atoms with Crippen molar-refractivity contribution in [1.82, 2.24) is 15.5 Å². The van der Waals surface area contributed by atoms with Gasteiger partial charge in [0.15, 0.2) is 5.11 Å². The first-order valence-corrected chi connectivity index (χ1v) is 10.1. The number of ether oxygens (including phenoxy) is 1. The molecule has 0 aromatic heterocycles. The molecule has 2 aromatic rings. The third-order valence-corrected chi connectivity index (χ3v) is 5.06. The van der Waals surface area contributed by atoms with E-state index in [2.05, 4.69) is 10.6 Å². The quantitative estimate of drug-likeness (QED) is 0.433. The number of hydrogen-bond acceptors (Lipinski definition) is 5. The number of thiocarbonyl (C=S) groups is 1. The average Bonchev–Trinajstić information content (AvgIpc) is 2.73. The summed E-state index contributed by atoms with van der Waals surface area (Å²) in [5, 5.41) is 7.55. The van der Waals surface area contributed by atoms with Crippen LogP contribution in [0.5, 0.6) is 0 Å². The number of carbonyl (C=O) groups is 3. The molecule has 0 aliphatic carbocycles. The third-order valence-electron chi connectivity index (χ3n) is 4.72. The van der Waals surface area contributed by atoms with E-state index in [0.717, 1.165) is 16.3 Å². The molecule has 156 valence electrons. The maximum absolute atomic E-state index is 12.4. The molecule has 1 aliphatic heterocycles. The van der Waals surface area contributed by atoms with Gasteiger partial charge in [-0.25, -0.2) is 0 Å². The topological polar surface area (TPSA) is 87.7 Å². The Bertz CT molecular complexity index is 1000. The fourth-order valence-corrected chi connectivity index (χ4v) is 3.64. The van der Waals surface area contributed by atoms with Gasteiger partial charge in [0.2, 0.25) is 11.8 Å². The number of carbonyl (C=O) groups excluding carboxylic acids is 3. The monoisotopic (exact) mass is 425 g/mol. The highest BCUT2D eigenvalue weighted by Gasteiger charge is 2.33. The number of hydrogen-bond donors (Lipinski definition) is 2. The van der Waals surface area contributed by atoms with Gasteiger partial charge in [0.25, 0.3) is 0 Å². The molecule has 1 fully saturated rings. The first-order chi connectivity index (χ1) is 14.5. The standard InChI is InChI=1S/C22H23N3O4S/c1-2-29-20(27)14-18-21(28)23-12-13-25(18)22(30)24-19(26)11-10-16-8-5-7-15-6-3-4-9-17(15)16/h3-11,18H,2,12-14H2,1H3,(H,23,28)(H,24,26,30)/b11-10+/t18-/m1/s1. The Hall–Kier alpha value is -3.26. The number of nitrogens with one attached hydrogen (secondary N) is 2. The summed E-state index contributed by atoms with van der Waals surface area (Å²) in [6, 6.07) is 12.9. The van der Waals surface area contributed by atoms with Crippen molar-refractivity contribution in [3.8, 4) is 0 Å². The second kappa shape index (κ2) is 9.98. The maximum Gasteiger partial charge on any atom is 0.308 e. The first-order valence-electron chi connectivity index (χ1n) is 9.70. The lowest BCUT2D eigenvalue weighted by molar-refractivity contribution is -0.147. The van der Waals surface area contributed by atoms with Crippen LogP contribution >= 0.6 is 12.2 Å². The minimum Gasteiger partial charge on any atom is -0.466 e. The Morgan fingerprint density at radius 2 is 2.03 bits per heavy atom. The van der Waals surface area contributed by atoms with E-state index in [9.17, 15) is 14.4 Å². The zero-order valence-electron chi connectivity index (χ0n) is 16.6. The zero-order valence-corrected chi connectivity index (χ0v) is 17.4. The average molecular weight is 426 g/mol. The molecular weight excluding hydrogens is 402 g/mol. The van der Waals surface area contributed by atoms with Gasteiger partial charge in [-0.3, -0.25) is 19.7 Å². The van der Waals surface area contributed by atoms with E-state index in [-0.39, 0.29) is 24.0 Å². The summed E-state index contributed by atoms with van der Waals surface area (Å²) in [4.78, 5) is 38.0. The van der Waals surface area contributed by atoms with Crippen LogP contribution in [0.25, 0.3) is 16.8 Å². The highest BCUT2D eigenvalue weighted by Crippen LogP contribution is 2.19. The lowest BCUT2D eigenvalue weighted by atomic mass is 10.0. The molecule has 7 nitrogen and oxygen atoms in total. The molecule has 3 rings (SSSR count). The number of nitrogens with zero attached hydrogens (tertiary/aromatic N) is 1. The molecule has 1 saturated heterocycles. The van der Waals surface area contributed by atoms with Crippen molar-refractivity contribution in [3.05, 3.63) is 54.1 Å². The Balaban J connectivity index is 1.67. The van der Waals surface area contributed by atoms with Crippen LogP contribution in [0.1, 0.15) is 18.9 Å². The summed E-state index contributed by atoms with van der Waals surface area (Å²) in [5.41, 5.74) is 0.909. The summed E-state index contributed by atoms with van der Waals surface area (Å²) in [7, 11) is 0. The molecule has 2 N–H and O–H groups in total. The van der Waals surface area contributed by atoms with E-state index < -0.39 is 17.9 Å². The molecule has 2 aromatic carbocycles. The summed E-state index contributed by atoms with van der Waals surface area (Å²) in [5.74, 6) is -1.22. The molecule has 0 spiro atoms. The normalized spacial score (nSPS) is 16.4. The van der Waals surface area contributed by atoms with E-state index >= 15 is 0 Å². The van der Waals surface area contributed by atoms with Gasteiger partial charge in [-0.05, 0) is 41.6 Å². The summed E-state index contributed by atoms with van der Waals surface area (Å²) >= 11 is 5.33. The molecule has 0 saturated carbocycles. The zero-order chi connectivity index (χ0) is 21.5. The van der Waals surface area contributed by atoms with Crippen LogP contribution in [0, 0.1) is 0 Å². The number of piperazine rings is 1. The van der Waals surface area contributed by atoms with Crippen LogP contribution in [0.15, 0.2) is 48.5 Å². The van der Waals surface area contributed by atoms with E-state index in [1.165, 1.54) is 6.08 Å². The van der Waals surface area contributed by atoms with Gasteiger partial charge < -0.3 is 15.0 Å². The van der Waals surface area contributed by atoms with Gasteiger partial charge in [-0.1, -0.05) is 42.5 Å². The fraction of sp³-hybridized carbons (Fsp3) is 0.273. The maximum atomic E-state index is 12.4. The molecule has 2 amide bonds. The van der Waals surface area contributed by atoms with E-state index in [1.54, 1.807) is 17.9 Å². The molecule has 8 heteroatoms. The summed E-state index contributed by atoms with van der Waals surface area (Å²) in [6.45, 7) is 2.69. The largest absolute Gasteiger partial charge is 0.466 e. The molecule has 0 unspecified atom stereocenters. The Kier molecular flexibility index (Phi) is 7.13. The van der Waals surface area contributed by atoms with Crippen molar-refractivity contribution in [2.45, 2.75) is 19.4 Å². The van der Waals surface area contributed by atoms with Gasteiger partial charge in [0, 0.05) is 19.2 Å². The molecular formula is C22H23N3O4S. The minimum absolute atomic E-state index is 0.103. The molecule has 1 heterocycles. The Morgan fingerprint density at radius 1 is 1.27 bits per heavy atom. The van der Waals surface area contributed by atoms with Crippen LogP contribution < -0.4 is 10.6 Å². The fourth-order valence-electron chi connectivity index (χ4n) is 3.32. The lowest BCUT2D eigenvalue weighted by Gasteiger charge is -2.36. The van der Waals surface area contributed by atoms with Gasteiger partial charge in [-0.15, -0.1) is 0 Å². The van der Waals surface area contributed by atoms with Gasteiger partial charge >= 0.3 is 5.97 Å². The van der Waals surface area contributed by atoms with E-state index in [1.807, 2.05) is 42.5 Å². The molecule has 30 heavy (non-hydrogen) atoms. The van der Waals surface area contributed by atoms with Crippen molar-refractivity contribution in [2.24, 2.45) is 0 Å². The van der Waals surface area contributed by atoms with Crippen molar-refractivity contribution in [1.29, 1.82) is 0 Å². The van der Waals surface area contributed by atoms with Crippen LogP contribution in [0.2, 0.25) is 0 Å². The lowest BCUT2D eigenvalue weighted by Crippen LogP contribution is -2.60. The molecule has 0 radical (unpaired) electrons. The van der Waals surface area contributed by atoms with Crippen LogP contribution in [0.3, 0.4) is 0 Å². The van der Waals surface area contributed by atoms with E-state index in [0.29, 0.717) is 13.1 Å². The Labute approximate surface area is 180 Å². The summed E-state index contributed by atoms with van der Waals surface area (Å²) < 4.78 is 4.94. The second-order valence-corrected chi connectivity index (χ2v) is 7.09. The van der Waals surface area contributed by atoms with Crippen LogP contribution in [-0.2, 0) is 19.1 Å². The molecule has 1 aliphatic rings. The number of rotatable bonds is 5. The highest BCUT2D eigenvalue weighted by atomic mass is 32.1. The number of amides is 2.